The zero-order chi connectivity index (χ0) is 13.0. The van der Waals surface area contributed by atoms with Gasteiger partial charge in [-0.15, -0.1) is 0 Å². The first-order chi connectivity index (χ1) is 8.66. The van der Waals surface area contributed by atoms with E-state index in [0.717, 1.165) is 6.54 Å². The van der Waals surface area contributed by atoms with E-state index in [4.69, 9.17) is 0 Å². The Hall–Kier alpha value is -2.02. The normalized spacial score (nSPS) is 11.1. The van der Waals surface area contributed by atoms with E-state index in [1.165, 1.54) is 6.33 Å². The van der Waals surface area contributed by atoms with Gasteiger partial charge in [0, 0.05) is 18.3 Å². The topological polar surface area (TPSA) is 99.3 Å². The van der Waals surface area contributed by atoms with Gasteiger partial charge in [-0.1, -0.05) is 13.8 Å². The van der Waals surface area contributed by atoms with E-state index in [-0.39, 0.29) is 5.56 Å². The molecule has 0 bridgehead atoms. The lowest BCUT2D eigenvalue weighted by molar-refractivity contribution is 0.550. The SMILES string of the molecule is CC(C)CNCc1cnc(-c2ncn[nH]2)[nH]c1=O. The van der Waals surface area contributed by atoms with Crippen molar-refractivity contribution in [2.24, 2.45) is 5.92 Å². The molecule has 7 heteroatoms. The molecule has 0 atom stereocenters. The summed E-state index contributed by atoms with van der Waals surface area (Å²) in [6.45, 7) is 5.60. The van der Waals surface area contributed by atoms with E-state index in [1.54, 1.807) is 6.20 Å². The van der Waals surface area contributed by atoms with Crippen molar-refractivity contribution in [2.75, 3.05) is 6.54 Å². The highest BCUT2D eigenvalue weighted by atomic mass is 16.1. The number of nitrogens with zero attached hydrogens (tertiary/aromatic N) is 3. The standard InChI is InChI=1S/C11H16N6O/c1-7(2)3-12-4-8-5-13-9(16-11(8)18)10-14-6-15-17-10/h5-7,12H,3-4H2,1-2H3,(H,13,16,18)(H,14,15,17). The van der Waals surface area contributed by atoms with Crippen LogP contribution in [0.15, 0.2) is 17.3 Å². The van der Waals surface area contributed by atoms with Crippen LogP contribution in [0.2, 0.25) is 0 Å². The molecule has 0 unspecified atom stereocenters. The quantitative estimate of drug-likeness (QED) is 0.706. The highest BCUT2D eigenvalue weighted by Crippen LogP contribution is 2.03. The highest BCUT2D eigenvalue weighted by molar-refractivity contribution is 5.40. The summed E-state index contributed by atoms with van der Waals surface area (Å²) in [5.41, 5.74) is 0.451. The maximum absolute atomic E-state index is 11.8. The molecule has 3 N–H and O–H groups in total. The predicted octanol–water partition coefficient (Wildman–Crippen LogP) is 0.301. The summed E-state index contributed by atoms with van der Waals surface area (Å²) in [5, 5.41) is 9.56. The van der Waals surface area contributed by atoms with Crippen molar-refractivity contribution in [1.29, 1.82) is 0 Å². The Morgan fingerprint density at radius 2 is 2.17 bits per heavy atom. The molecule has 0 aliphatic rings. The molecule has 0 radical (unpaired) electrons. The van der Waals surface area contributed by atoms with E-state index < -0.39 is 0 Å². The molecule has 96 valence electrons. The summed E-state index contributed by atoms with van der Waals surface area (Å²) in [6, 6.07) is 0. The molecule has 0 aliphatic heterocycles. The van der Waals surface area contributed by atoms with Crippen LogP contribution in [0.3, 0.4) is 0 Å². The minimum atomic E-state index is -0.160. The molecule has 0 saturated heterocycles. The Balaban J connectivity index is 2.09. The van der Waals surface area contributed by atoms with Crippen LogP contribution in [0.4, 0.5) is 0 Å². The average Bonchev–Trinajstić information content (AvgIpc) is 2.84. The maximum Gasteiger partial charge on any atom is 0.255 e. The van der Waals surface area contributed by atoms with Gasteiger partial charge in [-0.2, -0.15) is 5.10 Å². The largest absolute Gasteiger partial charge is 0.312 e. The summed E-state index contributed by atoms with van der Waals surface area (Å²) in [7, 11) is 0. The molecule has 0 aliphatic carbocycles. The van der Waals surface area contributed by atoms with Crippen molar-refractivity contribution in [2.45, 2.75) is 20.4 Å². The Kier molecular flexibility index (Phi) is 3.83. The third kappa shape index (κ3) is 3.01. The number of rotatable bonds is 5. The summed E-state index contributed by atoms with van der Waals surface area (Å²) >= 11 is 0. The fourth-order valence-electron chi connectivity index (χ4n) is 1.48. The molecule has 2 aromatic heterocycles. The molecular weight excluding hydrogens is 232 g/mol. The summed E-state index contributed by atoms with van der Waals surface area (Å²) in [6.07, 6.45) is 2.93. The van der Waals surface area contributed by atoms with Gasteiger partial charge < -0.3 is 10.3 Å². The lowest BCUT2D eigenvalue weighted by Gasteiger charge is -2.06. The van der Waals surface area contributed by atoms with Gasteiger partial charge in [-0.3, -0.25) is 9.89 Å². The van der Waals surface area contributed by atoms with E-state index in [0.29, 0.717) is 29.7 Å². The number of H-pyrrole nitrogens is 2. The van der Waals surface area contributed by atoms with Crippen molar-refractivity contribution in [3.63, 3.8) is 0 Å². The van der Waals surface area contributed by atoms with Crippen molar-refractivity contribution in [3.8, 4) is 11.6 Å². The molecule has 18 heavy (non-hydrogen) atoms. The van der Waals surface area contributed by atoms with E-state index >= 15 is 0 Å². The molecule has 7 nitrogen and oxygen atoms in total. The molecule has 2 heterocycles. The van der Waals surface area contributed by atoms with Crippen LogP contribution in [0, 0.1) is 5.92 Å². The molecule has 0 saturated carbocycles. The van der Waals surface area contributed by atoms with Crippen molar-refractivity contribution in [1.82, 2.24) is 30.5 Å². The summed E-state index contributed by atoms with van der Waals surface area (Å²) < 4.78 is 0. The van der Waals surface area contributed by atoms with Crippen LogP contribution < -0.4 is 10.9 Å². The second-order valence-electron chi connectivity index (χ2n) is 4.44. The second-order valence-corrected chi connectivity index (χ2v) is 4.44. The molecule has 2 rings (SSSR count). The Bertz CT molecular complexity index is 545. The van der Waals surface area contributed by atoms with Gasteiger partial charge in [0.1, 0.15) is 6.33 Å². The Morgan fingerprint density at radius 1 is 1.33 bits per heavy atom. The van der Waals surface area contributed by atoms with E-state index in [9.17, 15) is 4.79 Å². The third-order valence-corrected chi connectivity index (χ3v) is 2.38. The van der Waals surface area contributed by atoms with Gasteiger partial charge in [-0.25, -0.2) is 9.97 Å². The number of nitrogens with one attached hydrogen (secondary N) is 3. The maximum atomic E-state index is 11.8. The van der Waals surface area contributed by atoms with Gasteiger partial charge in [0.2, 0.25) is 0 Å². The van der Waals surface area contributed by atoms with E-state index in [1.807, 2.05) is 0 Å². The molecule has 0 amide bonds. The molecule has 0 spiro atoms. The van der Waals surface area contributed by atoms with E-state index in [2.05, 4.69) is 44.3 Å². The van der Waals surface area contributed by atoms with Crippen LogP contribution in [0.5, 0.6) is 0 Å². The molecule has 2 aromatic rings. The first kappa shape index (κ1) is 12.4. The minimum Gasteiger partial charge on any atom is -0.312 e. The summed E-state index contributed by atoms with van der Waals surface area (Å²) in [4.78, 5) is 22.6. The molecule has 0 fully saturated rings. The van der Waals surface area contributed by atoms with Crippen LogP contribution in [0.1, 0.15) is 19.4 Å². The van der Waals surface area contributed by atoms with Gasteiger partial charge in [-0.05, 0) is 12.5 Å². The number of aromatic nitrogens is 5. The van der Waals surface area contributed by atoms with Gasteiger partial charge in [0.05, 0.1) is 0 Å². The van der Waals surface area contributed by atoms with Gasteiger partial charge >= 0.3 is 0 Å². The van der Waals surface area contributed by atoms with Crippen LogP contribution in [-0.4, -0.2) is 31.7 Å². The number of hydrogen-bond acceptors (Lipinski definition) is 5. The van der Waals surface area contributed by atoms with Gasteiger partial charge in [0.15, 0.2) is 11.6 Å². The zero-order valence-electron chi connectivity index (χ0n) is 10.4. The fraction of sp³-hybridized carbons (Fsp3) is 0.455. The Labute approximate surface area is 104 Å². The van der Waals surface area contributed by atoms with Crippen molar-refractivity contribution < 1.29 is 0 Å². The highest BCUT2D eigenvalue weighted by Gasteiger charge is 2.06. The monoisotopic (exact) mass is 248 g/mol. The number of hydrogen-bond donors (Lipinski definition) is 3. The smallest absolute Gasteiger partial charge is 0.255 e. The second kappa shape index (κ2) is 5.54. The van der Waals surface area contributed by atoms with Gasteiger partial charge in [0.25, 0.3) is 5.56 Å². The number of aromatic amines is 2. The zero-order valence-corrected chi connectivity index (χ0v) is 10.4. The first-order valence-electron chi connectivity index (χ1n) is 5.81. The van der Waals surface area contributed by atoms with Crippen molar-refractivity contribution >= 4 is 0 Å². The fourth-order valence-corrected chi connectivity index (χ4v) is 1.48. The summed E-state index contributed by atoms with van der Waals surface area (Å²) in [5.74, 6) is 1.39. The lowest BCUT2D eigenvalue weighted by atomic mass is 10.2. The van der Waals surface area contributed by atoms with Crippen molar-refractivity contribution in [3.05, 3.63) is 28.4 Å². The van der Waals surface area contributed by atoms with Crippen LogP contribution >= 0.6 is 0 Å². The molecule has 0 aromatic carbocycles. The van der Waals surface area contributed by atoms with Crippen LogP contribution in [-0.2, 0) is 6.54 Å². The third-order valence-electron chi connectivity index (χ3n) is 2.38. The minimum absolute atomic E-state index is 0.160. The van der Waals surface area contributed by atoms with Crippen LogP contribution in [0.25, 0.3) is 11.6 Å². The Morgan fingerprint density at radius 3 is 2.78 bits per heavy atom. The first-order valence-corrected chi connectivity index (χ1v) is 5.81. The molecular formula is C11H16N6O. The lowest BCUT2D eigenvalue weighted by Crippen LogP contribution is -2.24. The predicted molar refractivity (Wildman–Crippen MR) is 66.8 cm³/mol. The average molecular weight is 248 g/mol.